The van der Waals surface area contributed by atoms with Gasteiger partial charge < -0.3 is 26.0 Å². The lowest BCUT2D eigenvalue weighted by molar-refractivity contribution is -0.120. The van der Waals surface area contributed by atoms with Crippen LogP contribution in [0.15, 0.2) is 48.9 Å². The van der Waals surface area contributed by atoms with Crippen molar-refractivity contribution in [2.45, 2.75) is 31.8 Å². The first-order chi connectivity index (χ1) is 19.3. The fourth-order valence-electron chi connectivity index (χ4n) is 5.49. The minimum atomic E-state index is -0.675. The van der Waals surface area contributed by atoms with E-state index in [4.69, 9.17) is 10.5 Å². The summed E-state index contributed by atoms with van der Waals surface area (Å²) in [6.45, 7) is 5.67. The number of benzene rings is 1. The number of nitrogens with two attached hydrogens (primary N) is 1. The normalized spacial score (nSPS) is 21.3. The lowest BCUT2D eigenvalue weighted by atomic mass is 9.89. The smallest absolute Gasteiger partial charge is 0.229 e. The van der Waals surface area contributed by atoms with Crippen LogP contribution in [0, 0.1) is 17.6 Å². The molecule has 40 heavy (non-hydrogen) atoms. The molecule has 0 aliphatic carbocycles. The number of fused-ring (bicyclic) bond motifs is 1. The second-order valence-corrected chi connectivity index (χ2v) is 10.5. The predicted molar refractivity (Wildman–Crippen MR) is 146 cm³/mol. The number of carbonyl (C=O) groups excluding carboxylic acids is 1. The van der Waals surface area contributed by atoms with Gasteiger partial charge in [0, 0.05) is 44.2 Å². The van der Waals surface area contributed by atoms with Gasteiger partial charge >= 0.3 is 0 Å². The van der Waals surface area contributed by atoms with Crippen LogP contribution in [0.4, 0.5) is 26.1 Å². The van der Waals surface area contributed by atoms with E-state index in [0.29, 0.717) is 49.0 Å². The van der Waals surface area contributed by atoms with Gasteiger partial charge in [-0.2, -0.15) is 9.61 Å². The minimum Gasteiger partial charge on any atom is -0.380 e. The highest BCUT2D eigenvalue weighted by atomic mass is 19.1. The largest absolute Gasteiger partial charge is 0.380 e. The number of hydrogen-bond acceptors (Lipinski definition) is 8. The van der Waals surface area contributed by atoms with Crippen LogP contribution in [0.25, 0.3) is 16.8 Å². The molecule has 3 unspecified atom stereocenters. The van der Waals surface area contributed by atoms with Gasteiger partial charge in [-0.1, -0.05) is 6.92 Å². The van der Waals surface area contributed by atoms with Gasteiger partial charge in [0.1, 0.15) is 11.6 Å². The van der Waals surface area contributed by atoms with Crippen molar-refractivity contribution in [1.82, 2.24) is 24.9 Å². The van der Waals surface area contributed by atoms with Gasteiger partial charge in [-0.25, -0.2) is 13.8 Å². The molecule has 6 rings (SSSR count). The molecule has 2 saturated heterocycles. The Labute approximate surface area is 229 Å². The van der Waals surface area contributed by atoms with Crippen LogP contribution < -0.4 is 21.3 Å². The molecule has 3 atom stereocenters. The first kappa shape index (κ1) is 26.1. The molecule has 4 aromatic rings. The summed E-state index contributed by atoms with van der Waals surface area (Å²) < 4.78 is 36.9. The second-order valence-electron chi connectivity index (χ2n) is 10.5. The number of nitrogens with one attached hydrogen (secondary N) is 2. The SMILES string of the molecule is CC(=O)NC1C(C)CN(c2ccncc2Nc2ncc3ccc(-c4c(F)cc(C5COC5)cc4F)nn23)CC1N. The van der Waals surface area contributed by atoms with E-state index in [9.17, 15) is 4.79 Å². The van der Waals surface area contributed by atoms with E-state index in [2.05, 4.69) is 37.5 Å². The molecule has 1 amide bonds. The number of hydrogen-bond donors (Lipinski definition) is 3. The van der Waals surface area contributed by atoms with Crippen LogP contribution in [0.3, 0.4) is 0 Å². The summed E-state index contributed by atoms with van der Waals surface area (Å²) in [7, 11) is 0. The number of rotatable bonds is 6. The Morgan fingerprint density at radius 2 is 1.90 bits per heavy atom. The molecule has 12 heteroatoms. The van der Waals surface area contributed by atoms with Crippen LogP contribution in [-0.4, -0.2) is 63.9 Å². The number of piperidine rings is 1. The second kappa shape index (κ2) is 10.4. The van der Waals surface area contributed by atoms with Crippen LogP contribution in [0.2, 0.25) is 0 Å². The Hall–Kier alpha value is -4.16. The van der Waals surface area contributed by atoms with E-state index in [-0.39, 0.29) is 41.1 Å². The van der Waals surface area contributed by atoms with E-state index >= 15 is 8.78 Å². The average molecular weight is 549 g/mol. The fraction of sp³-hybridized carbons (Fsp3) is 0.357. The van der Waals surface area contributed by atoms with Crippen LogP contribution in [-0.2, 0) is 9.53 Å². The topological polar surface area (TPSA) is 123 Å². The molecule has 2 aliphatic heterocycles. The van der Waals surface area contributed by atoms with Gasteiger partial charge in [-0.05, 0) is 41.8 Å². The highest BCUT2D eigenvalue weighted by molar-refractivity contribution is 5.75. The lowest BCUT2D eigenvalue weighted by Gasteiger charge is -2.42. The molecule has 3 aromatic heterocycles. The van der Waals surface area contributed by atoms with Crippen molar-refractivity contribution >= 4 is 28.7 Å². The summed E-state index contributed by atoms with van der Waals surface area (Å²) >= 11 is 0. The van der Waals surface area contributed by atoms with Crippen molar-refractivity contribution in [3.05, 3.63) is 66.1 Å². The van der Waals surface area contributed by atoms with Gasteiger partial charge in [0.05, 0.1) is 53.8 Å². The highest BCUT2D eigenvalue weighted by Gasteiger charge is 2.34. The molecule has 2 aliphatic rings. The number of aromatic nitrogens is 4. The summed E-state index contributed by atoms with van der Waals surface area (Å²) in [6, 6.07) is 7.49. The maximum absolute atomic E-state index is 15.1. The number of anilines is 3. The average Bonchev–Trinajstić information content (AvgIpc) is 3.27. The standard InChI is InChI=1S/C28H30F2N8O2/c1-15-11-37(12-22(31)27(15)34-16(2)39)25-5-6-32-10-24(25)35-28-33-9-19-3-4-23(36-38(19)28)26-20(29)7-17(8-21(26)30)18-13-40-14-18/h3-10,15,18,22,27H,11-14,31H2,1-2H3,(H,33,35)(H,34,39). The number of pyridine rings is 1. The van der Waals surface area contributed by atoms with E-state index in [0.717, 1.165) is 5.69 Å². The van der Waals surface area contributed by atoms with Crippen molar-refractivity contribution in [1.29, 1.82) is 0 Å². The molecular weight excluding hydrogens is 518 g/mol. The molecule has 2 fully saturated rings. The highest BCUT2D eigenvalue weighted by Crippen LogP contribution is 2.33. The molecule has 208 valence electrons. The summed E-state index contributed by atoms with van der Waals surface area (Å²) in [4.78, 5) is 22.5. The molecule has 0 bridgehead atoms. The van der Waals surface area contributed by atoms with Gasteiger partial charge in [0.15, 0.2) is 0 Å². The zero-order valence-corrected chi connectivity index (χ0v) is 22.1. The Balaban J connectivity index is 1.29. The molecule has 0 radical (unpaired) electrons. The molecule has 1 aromatic carbocycles. The van der Waals surface area contributed by atoms with Gasteiger partial charge in [0.2, 0.25) is 11.9 Å². The third kappa shape index (κ3) is 4.84. The first-order valence-electron chi connectivity index (χ1n) is 13.2. The maximum Gasteiger partial charge on any atom is 0.229 e. The number of carbonyl (C=O) groups is 1. The quantitative estimate of drug-likeness (QED) is 0.336. The molecular formula is C28H30F2N8O2. The summed E-state index contributed by atoms with van der Waals surface area (Å²) in [5.41, 5.74) is 9.16. The monoisotopic (exact) mass is 548 g/mol. The van der Waals surface area contributed by atoms with Gasteiger partial charge in [0.25, 0.3) is 0 Å². The Morgan fingerprint density at radius 1 is 1.12 bits per heavy atom. The summed E-state index contributed by atoms with van der Waals surface area (Å²) in [6.07, 6.45) is 5.00. The summed E-state index contributed by atoms with van der Waals surface area (Å²) in [5, 5.41) is 10.8. The maximum atomic E-state index is 15.1. The number of imidazole rings is 1. The molecule has 10 nitrogen and oxygen atoms in total. The van der Waals surface area contributed by atoms with E-state index in [1.54, 1.807) is 30.7 Å². The summed E-state index contributed by atoms with van der Waals surface area (Å²) in [5.74, 6) is -0.982. The van der Waals surface area contributed by atoms with Crippen LogP contribution in [0.5, 0.6) is 0 Å². The van der Waals surface area contributed by atoms with E-state index in [1.807, 2.05) is 6.07 Å². The number of amides is 1. The Morgan fingerprint density at radius 3 is 2.58 bits per heavy atom. The van der Waals surface area contributed by atoms with Crippen molar-refractivity contribution in [3.8, 4) is 11.3 Å². The molecule has 4 N–H and O–H groups in total. The van der Waals surface area contributed by atoms with Crippen LogP contribution in [0.1, 0.15) is 25.3 Å². The van der Waals surface area contributed by atoms with Gasteiger partial charge in [-0.15, -0.1) is 0 Å². The first-order valence-corrected chi connectivity index (χ1v) is 13.2. The van der Waals surface area contributed by atoms with Crippen molar-refractivity contribution in [3.63, 3.8) is 0 Å². The predicted octanol–water partition coefficient (Wildman–Crippen LogP) is 3.22. The van der Waals surface area contributed by atoms with E-state index in [1.165, 1.54) is 23.6 Å². The molecule has 0 saturated carbocycles. The Bertz CT molecular complexity index is 1540. The zero-order chi connectivity index (χ0) is 28.0. The molecule has 5 heterocycles. The van der Waals surface area contributed by atoms with Crippen molar-refractivity contribution < 1.29 is 18.3 Å². The number of halogens is 2. The van der Waals surface area contributed by atoms with Crippen LogP contribution >= 0.6 is 0 Å². The third-order valence-electron chi connectivity index (χ3n) is 7.58. The number of nitrogens with zero attached hydrogens (tertiary/aromatic N) is 5. The van der Waals surface area contributed by atoms with Gasteiger partial charge in [-0.3, -0.25) is 9.78 Å². The van der Waals surface area contributed by atoms with Crippen molar-refractivity contribution in [2.75, 3.05) is 36.5 Å². The number of ether oxygens (including phenoxy) is 1. The molecule has 0 spiro atoms. The Kier molecular flexibility index (Phi) is 6.80. The lowest BCUT2D eigenvalue weighted by Crippen LogP contribution is -2.61. The van der Waals surface area contributed by atoms with Crippen molar-refractivity contribution in [2.24, 2.45) is 11.7 Å². The third-order valence-corrected chi connectivity index (χ3v) is 7.58. The fourth-order valence-corrected chi connectivity index (χ4v) is 5.49. The minimum absolute atomic E-state index is 0.000319. The van der Waals surface area contributed by atoms with E-state index < -0.39 is 11.6 Å². The zero-order valence-electron chi connectivity index (χ0n) is 22.1.